The summed E-state index contributed by atoms with van der Waals surface area (Å²) in [5.41, 5.74) is 2.29. The minimum atomic E-state index is -0.159. The summed E-state index contributed by atoms with van der Waals surface area (Å²) in [6, 6.07) is 17.1. The van der Waals surface area contributed by atoms with Crippen molar-refractivity contribution in [1.29, 1.82) is 0 Å². The van der Waals surface area contributed by atoms with Gasteiger partial charge in [-0.3, -0.25) is 4.79 Å². The molecular weight excluding hydrogens is 266 g/mol. The highest BCUT2D eigenvalue weighted by atomic mass is 16.3. The van der Waals surface area contributed by atoms with Gasteiger partial charge >= 0.3 is 0 Å². The Bertz CT molecular complexity index is 566. The van der Waals surface area contributed by atoms with Gasteiger partial charge in [0.1, 0.15) is 0 Å². The van der Waals surface area contributed by atoms with Crippen LogP contribution in [0.4, 0.5) is 5.69 Å². The Balaban J connectivity index is 2.24. The molecule has 0 unspecified atom stereocenters. The summed E-state index contributed by atoms with van der Waals surface area (Å²) in [6.45, 7) is 0.221. The topological polar surface area (TPSA) is 60.8 Å². The lowest BCUT2D eigenvalue weighted by Gasteiger charge is -2.22. The van der Waals surface area contributed by atoms with Crippen LogP contribution in [0.25, 0.3) is 0 Å². The highest BCUT2D eigenvalue weighted by Gasteiger charge is 2.16. The van der Waals surface area contributed by atoms with Crippen LogP contribution in [0.1, 0.15) is 15.9 Å². The van der Waals surface area contributed by atoms with Crippen molar-refractivity contribution in [3.63, 3.8) is 0 Å². The zero-order valence-electron chi connectivity index (χ0n) is 11.7. The SMILES string of the molecule is O=C(c1cc[c]cc1)N(CCO)c1ccc(CCO)cc1. The van der Waals surface area contributed by atoms with E-state index in [1.165, 1.54) is 4.90 Å². The molecule has 0 saturated heterocycles. The Labute approximate surface area is 124 Å². The van der Waals surface area contributed by atoms with Gasteiger partial charge in [0.05, 0.1) is 6.61 Å². The molecule has 0 saturated carbocycles. The number of carbonyl (C=O) groups is 1. The second-order valence-corrected chi connectivity index (χ2v) is 4.61. The fourth-order valence-corrected chi connectivity index (χ4v) is 2.10. The van der Waals surface area contributed by atoms with Gasteiger partial charge in [0.25, 0.3) is 5.91 Å². The van der Waals surface area contributed by atoms with E-state index < -0.39 is 0 Å². The van der Waals surface area contributed by atoms with Crippen molar-refractivity contribution in [1.82, 2.24) is 0 Å². The van der Waals surface area contributed by atoms with Gasteiger partial charge in [-0.15, -0.1) is 0 Å². The van der Waals surface area contributed by atoms with Gasteiger partial charge in [0, 0.05) is 24.4 Å². The van der Waals surface area contributed by atoms with Gasteiger partial charge in [-0.05, 0) is 42.3 Å². The summed E-state index contributed by atoms with van der Waals surface area (Å²) in [6.07, 6.45) is 0.586. The minimum absolute atomic E-state index is 0.0964. The van der Waals surface area contributed by atoms with Crippen LogP contribution < -0.4 is 4.90 Å². The number of aliphatic hydroxyl groups is 2. The van der Waals surface area contributed by atoms with E-state index in [1.807, 2.05) is 24.3 Å². The van der Waals surface area contributed by atoms with Crippen molar-refractivity contribution in [3.05, 3.63) is 65.7 Å². The van der Waals surface area contributed by atoms with Crippen LogP contribution in [0.2, 0.25) is 0 Å². The number of anilines is 1. The third kappa shape index (κ3) is 3.90. The summed E-state index contributed by atoms with van der Waals surface area (Å²) in [5, 5.41) is 18.1. The first kappa shape index (κ1) is 15.2. The van der Waals surface area contributed by atoms with Crippen molar-refractivity contribution in [2.24, 2.45) is 0 Å². The molecule has 0 fully saturated rings. The molecular formula is C17H18NO3. The van der Waals surface area contributed by atoms with Crippen molar-refractivity contribution in [2.75, 3.05) is 24.7 Å². The zero-order chi connectivity index (χ0) is 15.1. The van der Waals surface area contributed by atoms with E-state index in [2.05, 4.69) is 6.07 Å². The number of carbonyl (C=O) groups excluding carboxylic acids is 1. The van der Waals surface area contributed by atoms with E-state index in [9.17, 15) is 9.90 Å². The van der Waals surface area contributed by atoms with Gasteiger partial charge < -0.3 is 15.1 Å². The van der Waals surface area contributed by atoms with Crippen LogP contribution in [0, 0.1) is 6.07 Å². The van der Waals surface area contributed by atoms with Crippen molar-refractivity contribution < 1.29 is 15.0 Å². The Morgan fingerprint density at radius 2 is 1.67 bits per heavy atom. The first-order chi connectivity index (χ1) is 10.3. The number of hydrogen-bond acceptors (Lipinski definition) is 3. The number of nitrogens with zero attached hydrogens (tertiary/aromatic N) is 1. The van der Waals surface area contributed by atoms with Gasteiger partial charge in [0.2, 0.25) is 0 Å². The van der Waals surface area contributed by atoms with Crippen LogP contribution in [-0.2, 0) is 6.42 Å². The molecule has 2 N–H and O–H groups in total. The first-order valence-corrected chi connectivity index (χ1v) is 6.85. The predicted octanol–water partition coefficient (Wildman–Crippen LogP) is 1.66. The molecule has 0 aliphatic rings. The molecule has 1 radical (unpaired) electrons. The molecule has 0 bridgehead atoms. The lowest BCUT2D eigenvalue weighted by molar-refractivity contribution is 0.0981. The molecule has 0 aliphatic heterocycles. The van der Waals surface area contributed by atoms with Crippen LogP contribution in [0.3, 0.4) is 0 Å². The molecule has 0 aromatic heterocycles. The van der Waals surface area contributed by atoms with E-state index in [0.29, 0.717) is 12.0 Å². The Morgan fingerprint density at radius 1 is 1.00 bits per heavy atom. The monoisotopic (exact) mass is 284 g/mol. The molecule has 0 atom stereocenters. The summed E-state index contributed by atoms with van der Waals surface area (Å²) in [7, 11) is 0. The molecule has 2 rings (SSSR count). The second-order valence-electron chi connectivity index (χ2n) is 4.61. The average Bonchev–Trinajstić information content (AvgIpc) is 2.54. The van der Waals surface area contributed by atoms with Gasteiger partial charge in [-0.1, -0.05) is 24.3 Å². The molecule has 4 nitrogen and oxygen atoms in total. The normalized spacial score (nSPS) is 10.4. The first-order valence-electron chi connectivity index (χ1n) is 6.85. The standard InChI is InChI=1S/C17H18NO3/c19-12-10-14-6-8-16(9-7-14)18(11-13-20)17(21)15-4-2-1-3-5-15/h2-9,19-20H,10-13H2. The maximum Gasteiger partial charge on any atom is 0.258 e. The molecule has 109 valence electrons. The second kappa shape index (κ2) is 7.57. The quantitative estimate of drug-likeness (QED) is 0.848. The van der Waals surface area contributed by atoms with Crippen LogP contribution in [0.5, 0.6) is 0 Å². The van der Waals surface area contributed by atoms with Gasteiger partial charge in [-0.2, -0.15) is 0 Å². The smallest absolute Gasteiger partial charge is 0.258 e. The third-order valence-electron chi connectivity index (χ3n) is 3.18. The molecule has 0 aliphatic carbocycles. The van der Waals surface area contributed by atoms with E-state index in [0.717, 1.165) is 11.3 Å². The molecule has 21 heavy (non-hydrogen) atoms. The molecule has 0 spiro atoms. The summed E-state index contributed by atoms with van der Waals surface area (Å²) < 4.78 is 0. The Kier molecular flexibility index (Phi) is 5.49. The Morgan fingerprint density at radius 3 is 2.24 bits per heavy atom. The lowest BCUT2D eigenvalue weighted by Crippen LogP contribution is -2.33. The summed E-state index contributed by atoms with van der Waals surface area (Å²) in [5.74, 6) is -0.159. The summed E-state index contributed by atoms with van der Waals surface area (Å²) in [4.78, 5) is 14.0. The van der Waals surface area contributed by atoms with Crippen molar-refractivity contribution in [2.45, 2.75) is 6.42 Å². The molecule has 2 aromatic carbocycles. The number of benzene rings is 2. The van der Waals surface area contributed by atoms with E-state index >= 15 is 0 Å². The fraction of sp³-hybridized carbons (Fsp3) is 0.235. The highest BCUT2D eigenvalue weighted by Crippen LogP contribution is 2.18. The average molecular weight is 284 g/mol. The molecule has 0 heterocycles. The fourth-order valence-electron chi connectivity index (χ4n) is 2.10. The summed E-state index contributed by atoms with van der Waals surface area (Å²) >= 11 is 0. The van der Waals surface area contributed by atoms with Crippen LogP contribution in [-0.4, -0.2) is 35.9 Å². The number of aliphatic hydroxyl groups excluding tert-OH is 2. The van der Waals surface area contributed by atoms with Crippen molar-refractivity contribution in [3.8, 4) is 0 Å². The lowest BCUT2D eigenvalue weighted by atomic mass is 10.1. The van der Waals surface area contributed by atoms with Gasteiger partial charge in [-0.25, -0.2) is 0 Å². The number of amides is 1. The van der Waals surface area contributed by atoms with E-state index in [4.69, 9.17) is 5.11 Å². The third-order valence-corrected chi connectivity index (χ3v) is 3.18. The van der Waals surface area contributed by atoms with Gasteiger partial charge in [0.15, 0.2) is 0 Å². The zero-order valence-corrected chi connectivity index (χ0v) is 11.7. The number of hydrogen-bond donors (Lipinski definition) is 2. The van der Waals surface area contributed by atoms with E-state index in [-0.39, 0.29) is 25.7 Å². The maximum absolute atomic E-state index is 12.5. The van der Waals surface area contributed by atoms with Crippen LogP contribution >= 0.6 is 0 Å². The maximum atomic E-state index is 12.5. The predicted molar refractivity (Wildman–Crippen MR) is 81.3 cm³/mol. The van der Waals surface area contributed by atoms with Crippen LogP contribution in [0.15, 0.2) is 48.5 Å². The number of rotatable bonds is 6. The molecule has 1 amide bonds. The molecule has 4 heteroatoms. The highest BCUT2D eigenvalue weighted by molar-refractivity contribution is 6.06. The largest absolute Gasteiger partial charge is 0.396 e. The van der Waals surface area contributed by atoms with E-state index in [1.54, 1.807) is 24.3 Å². The van der Waals surface area contributed by atoms with Crippen molar-refractivity contribution >= 4 is 11.6 Å². The Hall–Kier alpha value is -2.17. The molecule has 2 aromatic rings. The minimum Gasteiger partial charge on any atom is -0.396 e.